The molecule has 0 saturated heterocycles. The summed E-state index contributed by atoms with van der Waals surface area (Å²) in [5, 5.41) is 2.28. The van der Waals surface area contributed by atoms with Crippen LogP contribution in [-0.2, 0) is 9.59 Å². The number of amides is 2. The van der Waals surface area contributed by atoms with E-state index in [1.54, 1.807) is 6.20 Å². The third kappa shape index (κ3) is 2.86. The number of carbonyl (C=O) groups is 2. The second kappa shape index (κ2) is 5.75. The second-order valence-electron chi connectivity index (χ2n) is 3.94. The first-order valence-corrected chi connectivity index (χ1v) is 5.77. The van der Waals surface area contributed by atoms with Crippen LogP contribution in [0, 0.1) is 0 Å². The van der Waals surface area contributed by atoms with Crippen molar-refractivity contribution in [3.05, 3.63) is 48.8 Å². The molecule has 2 amide bonds. The molecule has 2 aromatic heterocycles. The molecule has 100 valence electrons. The number of nitrogens with zero attached hydrogens (tertiary/aromatic N) is 2. The summed E-state index contributed by atoms with van der Waals surface area (Å²) in [6, 6.07) is 12.1. The fourth-order valence-electron chi connectivity index (χ4n) is 1.70. The van der Waals surface area contributed by atoms with Gasteiger partial charge in [0.05, 0.1) is 11.0 Å². The molecule has 0 atom stereocenters. The van der Waals surface area contributed by atoms with Crippen LogP contribution in [0.4, 0.5) is 0 Å². The molecule has 20 heavy (non-hydrogen) atoms. The number of primary amides is 2. The third-order valence-electron chi connectivity index (χ3n) is 2.60. The molecular weight excluding hydrogens is 256 g/mol. The largest absolute Gasteiger partial charge is 0.361 e. The molecule has 0 aliphatic carbocycles. The topological polar surface area (TPSA) is 112 Å². The lowest BCUT2D eigenvalue weighted by atomic mass is 10.1. The van der Waals surface area contributed by atoms with Crippen molar-refractivity contribution in [2.24, 2.45) is 11.5 Å². The second-order valence-corrected chi connectivity index (χ2v) is 3.94. The highest BCUT2D eigenvalue weighted by atomic mass is 16.2. The van der Waals surface area contributed by atoms with Crippen molar-refractivity contribution in [1.29, 1.82) is 0 Å². The van der Waals surface area contributed by atoms with E-state index < -0.39 is 11.8 Å². The Morgan fingerprint density at radius 1 is 0.850 bits per heavy atom. The maximum atomic E-state index is 9.45. The number of hydrogen-bond donors (Lipinski definition) is 2. The third-order valence-corrected chi connectivity index (χ3v) is 2.60. The van der Waals surface area contributed by atoms with Gasteiger partial charge in [0, 0.05) is 23.2 Å². The normalized spacial score (nSPS) is 9.80. The Labute approximate surface area is 114 Å². The smallest absolute Gasteiger partial charge is 0.306 e. The minimum absolute atomic E-state index is 0.999. The van der Waals surface area contributed by atoms with Gasteiger partial charge in [0.15, 0.2) is 0 Å². The number of hydrogen-bond acceptors (Lipinski definition) is 4. The zero-order valence-electron chi connectivity index (χ0n) is 10.5. The summed E-state index contributed by atoms with van der Waals surface area (Å²) in [5.41, 5.74) is 10.7. The maximum absolute atomic E-state index is 9.45. The minimum atomic E-state index is -1.10. The van der Waals surface area contributed by atoms with E-state index >= 15 is 0 Å². The molecule has 0 radical (unpaired) electrons. The van der Waals surface area contributed by atoms with Crippen LogP contribution < -0.4 is 11.5 Å². The highest BCUT2D eigenvalue weighted by Gasteiger charge is 1.99. The van der Waals surface area contributed by atoms with E-state index in [-0.39, 0.29) is 0 Å². The van der Waals surface area contributed by atoms with Gasteiger partial charge in [-0.1, -0.05) is 12.1 Å². The fourth-order valence-corrected chi connectivity index (χ4v) is 1.70. The molecule has 0 fully saturated rings. The lowest BCUT2D eigenvalue weighted by Gasteiger charge is -2.00. The Morgan fingerprint density at radius 2 is 1.50 bits per heavy atom. The molecule has 0 saturated carbocycles. The molecular formula is C14H12N4O2. The van der Waals surface area contributed by atoms with Crippen molar-refractivity contribution in [3.8, 4) is 0 Å². The first kappa shape index (κ1) is 13.4. The van der Waals surface area contributed by atoms with E-state index in [0.717, 1.165) is 21.8 Å². The molecule has 4 N–H and O–H groups in total. The van der Waals surface area contributed by atoms with Gasteiger partial charge in [-0.3, -0.25) is 19.6 Å². The molecule has 3 rings (SSSR count). The monoisotopic (exact) mass is 268 g/mol. The van der Waals surface area contributed by atoms with Crippen LogP contribution in [0.3, 0.4) is 0 Å². The molecule has 6 nitrogen and oxygen atoms in total. The molecule has 6 heteroatoms. The van der Waals surface area contributed by atoms with Crippen molar-refractivity contribution in [2.45, 2.75) is 0 Å². The Bertz CT molecular complexity index is 719. The quantitative estimate of drug-likeness (QED) is 0.462. The standard InChI is InChI=1S/C12H8N2.C2H4N2O2/c1-3-9-5-6-11-10(4-2-7-13-11)12(9)14-8-1;3-1(5)2(4)6/h1-8H;(H2,3,5)(H2,4,6). The van der Waals surface area contributed by atoms with E-state index in [2.05, 4.69) is 39.6 Å². The number of benzene rings is 1. The average molecular weight is 268 g/mol. The average Bonchev–Trinajstić information content (AvgIpc) is 2.47. The van der Waals surface area contributed by atoms with Crippen LogP contribution in [0.2, 0.25) is 0 Å². The minimum Gasteiger partial charge on any atom is -0.361 e. The summed E-state index contributed by atoms with van der Waals surface area (Å²) in [4.78, 5) is 27.6. The van der Waals surface area contributed by atoms with Crippen molar-refractivity contribution < 1.29 is 9.59 Å². The number of rotatable bonds is 0. The molecule has 2 heterocycles. The van der Waals surface area contributed by atoms with Gasteiger partial charge in [-0.2, -0.15) is 0 Å². The first-order valence-electron chi connectivity index (χ1n) is 5.77. The molecule has 0 aliphatic heterocycles. The Hall–Kier alpha value is -3.02. The van der Waals surface area contributed by atoms with Crippen LogP contribution in [0.1, 0.15) is 0 Å². The van der Waals surface area contributed by atoms with Crippen molar-refractivity contribution in [2.75, 3.05) is 0 Å². The Kier molecular flexibility index (Phi) is 3.85. The zero-order valence-corrected chi connectivity index (χ0v) is 10.5. The predicted octanol–water partition coefficient (Wildman–Crippen LogP) is 0.740. The SMILES string of the molecule is NC(=O)C(N)=O.c1cnc2c(c1)ccc1ncccc12. The highest BCUT2D eigenvalue weighted by molar-refractivity contribution is 6.33. The van der Waals surface area contributed by atoms with Crippen LogP contribution in [0.25, 0.3) is 21.8 Å². The summed E-state index contributed by atoms with van der Waals surface area (Å²) < 4.78 is 0. The summed E-state index contributed by atoms with van der Waals surface area (Å²) in [7, 11) is 0. The number of carbonyl (C=O) groups excluding carboxylic acids is 2. The molecule has 0 spiro atoms. The summed E-state index contributed by atoms with van der Waals surface area (Å²) >= 11 is 0. The van der Waals surface area contributed by atoms with E-state index in [0.29, 0.717) is 0 Å². The van der Waals surface area contributed by atoms with Crippen LogP contribution in [0.5, 0.6) is 0 Å². The van der Waals surface area contributed by atoms with Crippen LogP contribution in [0.15, 0.2) is 48.8 Å². The molecule has 0 bridgehead atoms. The van der Waals surface area contributed by atoms with E-state index in [1.165, 1.54) is 0 Å². The Morgan fingerprint density at radius 3 is 2.20 bits per heavy atom. The van der Waals surface area contributed by atoms with E-state index in [9.17, 15) is 9.59 Å². The van der Waals surface area contributed by atoms with Gasteiger partial charge in [0.25, 0.3) is 0 Å². The Balaban J connectivity index is 0.000000212. The summed E-state index contributed by atoms with van der Waals surface area (Å²) in [6.45, 7) is 0. The molecule has 0 unspecified atom stereocenters. The van der Waals surface area contributed by atoms with E-state index in [1.807, 2.05) is 24.4 Å². The van der Waals surface area contributed by atoms with Gasteiger partial charge >= 0.3 is 11.8 Å². The van der Waals surface area contributed by atoms with Gasteiger partial charge in [-0.25, -0.2) is 0 Å². The van der Waals surface area contributed by atoms with Gasteiger partial charge in [-0.05, 0) is 24.3 Å². The zero-order chi connectivity index (χ0) is 14.5. The van der Waals surface area contributed by atoms with Gasteiger partial charge in [0.2, 0.25) is 0 Å². The lowest BCUT2D eigenvalue weighted by molar-refractivity contribution is -0.135. The number of pyridine rings is 2. The van der Waals surface area contributed by atoms with Gasteiger partial charge in [0.1, 0.15) is 0 Å². The molecule has 0 aliphatic rings. The summed E-state index contributed by atoms with van der Waals surface area (Å²) in [6.07, 6.45) is 3.62. The van der Waals surface area contributed by atoms with Crippen molar-refractivity contribution in [1.82, 2.24) is 9.97 Å². The van der Waals surface area contributed by atoms with Crippen molar-refractivity contribution >= 4 is 33.6 Å². The fraction of sp³-hybridized carbons (Fsp3) is 0. The lowest BCUT2D eigenvalue weighted by Crippen LogP contribution is -2.29. The van der Waals surface area contributed by atoms with Gasteiger partial charge < -0.3 is 11.5 Å². The maximum Gasteiger partial charge on any atom is 0.306 e. The highest BCUT2D eigenvalue weighted by Crippen LogP contribution is 2.20. The number of fused-ring (bicyclic) bond motifs is 3. The number of nitrogens with two attached hydrogens (primary N) is 2. The van der Waals surface area contributed by atoms with Crippen molar-refractivity contribution in [3.63, 3.8) is 0 Å². The van der Waals surface area contributed by atoms with Gasteiger partial charge in [-0.15, -0.1) is 0 Å². The number of aromatic nitrogens is 2. The van der Waals surface area contributed by atoms with Crippen LogP contribution >= 0.6 is 0 Å². The molecule has 3 aromatic rings. The molecule has 1 aromatic carbocycles. The predicted molar refractivity (Wildman–Crippen MR) is 75.4 cm³/mol. The first-order chi connectivity index (χ1) is 9.59. The van der Waals surface area contributed by atoms with Crippen LogP contribution in [-0.4, -0.2) is 21.8 Å². The van der Waals surface area contributed by atoms with E-state index in [4.69, 9.17) is 0 Å². The summed E-state index contributed by atoms with van der Waals surface area (Å²) in [5.74, 6) is -2.20.